The number of para-hydroxylation sites is 1. The van der Waals surface area contributed by atoms with Gasteiger partial charge in [0.25, 0.3) is 5.69 Å². The molecule has 1 unspecified atom stereocenters. The number of non-ortho nitro benzene ring substituents is 1. The number of carboxylic acids is 1. The van der Waals surface area contributed by atoms with Gasteiger partial charge in [0.05, 0.1) is 29.2 Å². The molecular formula is C22H19N5O6. The van der Waals surface area contributed by atoms with E-state index in [2.05, 4.69) is 10.3 Å². The number of esters is 1. The van der Waals surface area contributed by atoms with Crippen molar-refractivity contribution in [2.75, 3.05) is 12.1 Å². The fourth-order valence-electron chi connectivity index (χ4n) is 4.09. The van der Waals surface area contributed by atoms with Crippen LogP contribution in [0.2, 0.25) is 0 Å². The van der Waals surface area contributed by atoms with Crippen LogP contribution in [0.3, 0.4) is 0 Å². The number of aliphatic carboxylic acids is 1. The number of hydrogen-bond acceptors (Lipinski definition) is 8. The molecule has 33 heavy (non-hydrogen) atoms. The summed E-state index contributed by atoms with van der Waals surface area (Å²) in [4.78, 5) is 37.6. The van der Waals surface area contributed by atoms with E-state index < -0.39 is 22.9 Å². The van der Waals surface area contributed by atoms with Crippen LogP contribution >= 0.6 is 0 Å². The number of nitro benzene ring substituents is 1. The summed E-state index contributed by atoms with van der Waals surface area (Å²) in [5.41, 5.74) is 1.34. The zero-order valence-corrected chi connectivity index (χ0v) is 17.9. The third-order valence-electron chi connectivity index (χ3n) is 5.51. The number of hydrogen-bond donors (Lipinski definition) is 1. The number of rotatable bonds is 5. The van der Waals surface area contributed by atoms with Gasteiger partial charge in [0.2, 0.25) is 0 Å². The molecule has 0 radical (unpaired) electrons. The second-order valence-corrected chi connectivity index (χ2v) is 7.34. The first-order valence-corrected chi connectivity index (χ1v) is 9.88. The van der Waals surface area contributed by atoms with E-state index in [9.17, 15) is 24.8 Å². The highest BCUT2D eigenvalue weighted by Gasteiger charge is 2.40. The van der Waals surface area contributed by atoms with Crippen LogP contribution in [-0.4, -0.2) is 50.2 Å². The fraction of sp³-hybridized carbons (Fsp3) is 0.182. The van der Waals surface area contributed by atoms with Gasteiger partial charge in [-0.2, -0.15) is 4.79 Å². The van der Waals surface area contributed by atoms with Crippen LogP contribution in [0.5, 0.6) is 0 Å². The van der Waals surface area contributed by atoms with Crippen molar-refractivity contribution in [1.29, 1.82) is 0 Å². The number of methoxy groups -OCH3 is 1. The van der Waals surface area contributed by atoms with Gasteiger partial charge in [0.1, 0.15) is 11.0 Å². The molecule has 11 nitrogen and oxygen atoms in total. The average molecular weight is 449 g/mol. The summed E-state index contributed by atoms with van der Waals surface area (Å²) >= 11 is 0. The van der Waals surface area contributed by atoms with Gasteiger partial charge in [0, 0.05) is 23.4 Å². The Hall–Kier alpha value is -4.54. The van der Waals surface area contributed by atoms with Crippen molar-refractivity contribution in [3.05, 3.63) is 81.1 Å². The third kappa shape index (κ3) is 3.49. The van der Waals surface area contributed by atoms with E-state index in [1.54, 1.807) is 43.1 Å². The smallest absolute Gasteiger partial charge is 0.338 e. The Labute approximate surface area is 187 Å². The molecule has 0 aliphatic carbocycles. The van der Waals surface area contributed by atoms with Gasteiger partial charge in [-0.1, -0.05) is 24.3 Å². The minimum Gasteiger partial charge on any atom is -0.478 e. The molecule has 3 aromatic rings. The lowest BCUT2D eigenvalue weighted by Gasteiger charge is -2.38. The first kappa shape index (κ1) is 21.7. The highest BCUT2D eigenvalue weighted by molar-refractivity contribution is 6.14. The Morgan fingerprint density at radius 3 is 2.58 bits per heavy atom. The largest absolute Gasteiger partial charge is 0.478 e. The van der Waals surface area contributed by atoms with Gasteiger partial charge in [0.15, 0.2) is 0 Å². The number of nitro groups is 1. The van der Waals surface area contributed by atoms with E-state index in [4.69, 9.17) is 4.74 Å². The number of aromatic nitrogens is 3. The zero-order valence-electron chi connectivity index (χ0n) is 17.9. The third-order valence-corrected chi connectivity index (χ3v) is 5.51. The van der Waals surface area contributed by atoms with E-state index in [0.29, 0.717) is 11.0 Å². The Morgan fingerprint density at radius 2 is 1.91 bits per heavy atom. The van der Waals surface area contributed by atoms with Crippen molar-refractivity contribution in [2.24, 2.45) is 0 Å². The van der Waals surface area contributed by atoms with Crippen molar-refractivity contribution >= 4 is 34.2 Å². The summed E-state index contributed by atoms with van der Waals surface area (Å²) in [6.45, 7) is 3.28. The molecule has 2 aromatic carbocycles. The van der Waals surface area contributed by atoms with Crippen LogP contribution < -0.4 is 5.01 Å². The monoisotopic (exact) mass is 449 g/mol. The first-order chi connectivity index (χ1) is 15.8. The molecular weight excluding hydrogens is 430 g/mol. The number of carbonyl (C=O) groups excluding carboxylic acids is 1. The Kier molecular flexibility index (Phi) is 5.38. The number of benzene rings is 2. The number of allylic oxidation sites excluding steroid dienone is 1. The lowest BCUT2D eigenvalue weighted by molar-refractivity contribution is -0.384. The van der Waals surface area contributed by atoms with Gasteiger partial charge in [-0.25, -0.2) is 9.59 Å². The second-order valence-electron chi connectivity index (χ2n) is 7.34. The normalized spacial score (nSPS) is 16.3. The minimum atomic E-state index is -1.31. The van der Waals surface area contributed by atoms with E-state index in [-0.39, 0.29) is 33.7 Å². The Morgan fingerprint density at radius 1 is 1.18 bits per heavy atom. The number of ether oxygens (including phenoxy) is 1. The minimum absolute atomic E-state index is 0.0283. The molecule has 1 aliphatic heterocycles. The highest BCUT2D eigenvalue weighted by Crippen LogP contribution is 2.39. The zero-order chi connectivity index (χ0) is 23.9. The summed E-state index contributed by atoms with van der Waals surface area (Å²) in [5.74, 6) is -2.07. The Bertz CT molecular complexity index is 1370. The van der Waals surface area contributed by atoms with Crippen LogP contribution in [0.4, 0.5) is 5.69 Å². The standard InChI is InChI=1S/C22H19N5O6/c1-12-18(21(28)29)20(14-7-6-8-15(11-14)27(31)32)19(22(30)33-3)13(2)25(12)26-17-10-5-4-9-16(17)23-24-26/h4-11,13H,1-3H3,(H,28,29). The molecule has 0 amide bonds. The Balaban J connectivity index is 2.03. The van der Waals surface area contributed by atoms with E-state index in [0.717, 1.165) is 0 Å². The maximum atomic E-state index is 12.9. The summed E-state index contributed by atoms with van der Waals surface area (Å²) < 4.78 is 4.99. The molecule has 4 rings (SSSR count). The lowest BCUT2D eigenvalue weighted by atomic mass is 9.85. The highest BCUT2D eigenvalue weighted by atomic mass is 16.6. The second kappa shape index (κ2) is 8.19. The van der Waals surface area contributed by atoms with Crippen LogP contribution in [0.1, 0.15) is 19.4 Å². The molecule has 0 fully saturated rings. The van der Waals surface area contributed by atoms with Crippen molar-refractivity contribution in [2.45, 2.75) is 19.9 Å². The predicted molar refractivity (Wildman–Crippen MR) is 118 cm³/mol. The van der Waals surface area contributed by atoms with Gasteiger partial charge in [-0.05, 0) is 36.8 Å². The van der Waals surface area contributed by atoms with Gasteiger partial charge < -0.3 is 9.84 Å². The van der Waals surface area contributed by atoms with Gasteiger partial charge >= 0.3 is 11.9 Å². The quantitative estimate of drug-likeness (QED) is 0.353. The van der Waals surface area contributed by atoms with Crippen LogP contribution in [-0.2, 0) is 14.3 Å². The van der Waals surface area contributed by atoms with Crippen LogP contribution in [0.15, 0.2) is 65.4 Å². The van der Waals surface area contributed by atoms with Gasteiger partial charge in [-0.15, -0.1) is 5.10 Å². The molecule has 0 bridgehead atoms. The molecule has 0 spiro atoms. The topological polar surface area (TPSA) is 141 Å². The van der Waals surface area contributed by atoms with Crippen molar-refractivity contribution in [3.8, 4) is 0 Å². The number of nitrogens with zero attached hydrogens (tertiary/aromatic N) is 5. The number of carboxylic acid groups (broad SMARTS) is 1. The molecule has 0 saturated heterocycles. The maximum Gasteiger partial charge on any atom is 0.338 e. The SMILES string of the molecule is COC(=O)C1=C(c2cccc([N+](=O)[O-])c2)C(C(=O)O)=C(C)N(n2nnc3ccccc32)C1C. The summed E-state index contributed by atoms with van der Waals surface area (Å²) in [7, 11) is 1.19. The molecule has 1 atom stereocenters. The summed E-state index contributed by atoms with van der Waals surface area (Å²) in [5, 5.41) is 31.3. The number of carbonyl (C=O) groups is 2. The lowest BCUT2D eigenvalue weighted by Crippen LogP contribution is -2.48. The molecule has 1 N–H and O–H groups in total. The molecule has 2 heterocycles. The van der Waals surface area contributed by atoms with Crippen molar-refractivity contribution < 1.29 is 24.4 Å². The number of fused-ring (bicyclic) bond motifs is 1. The average Bonchev–Trinajstić information content (AvgIpc) is 3.22. The molecule has 168 valence electrons. The fourth-order valence-corrected chi connectivity index (χ4v) is 4.09. The van der Waals surface area contributed by atoms with Crippen molar-refractivity contribution in [3.63, 3.8) is 0 Å². The van der Waals surface area contributed by atoms with Crippen molar-refractivity contribution in [1.82, 2.24) is 15.1 Å². The van der Waals surface area contributed by atoms with Gasteiger partial charge in [-0.3, -0.25) is 15.1 Å². The predicted octanol–water partition coefficient (Wildman–Crippen LogP) is 2.67. The van der Waals surface area contributed by atoms with Crippen LogP contribution in [0.25, 0.3) is 16.6 Å². The van der Waals surface area contributed by atoms with E-state index >= 15 is 0 Å². The van der Waals surface area contributed by atoms with Crippen LogP contribution in [0, 0.1) is 10.1 Å². The molecule has 0 saturated carbocycles. The molecule has 1 aromatic heterocycles. The molecule has 11 heteroatoms. The summed E-state index contributed by atoms with van der Waals surface area (Å²) in [6.07, 6.45) is 0. The maximum absolute atomic E-state index is 12.9. The molecule has 1 aliphatic rings. The first-order valence-electron chi connectivity index (χ1n) is 9.88. The van der Waals surface area contributed by atoms with E-state index in [1.165, 1.54) is 36.2 Å². The van der Waals surface area contributed by atoms with E-state index in [1.807, 2.05) is 0 Å². The summed E-state index contributed by atoms with van der Waals surface area (Å²) in [6, 6.07) is 11.9.